The van der Waals surface area contributed by atoms with Crippen molar-refractivity contribution in [3.8, 4) is 0 Å². The summed E-state index contributed by atoms with van der Waals surface area (Å²) in [5.74, 6) is -2.28. The maximum atomic E-state index is 13.1. The van der Waals surface area contributed by atoms with Gasteiger partial charge >= 0.3 is 23.9 Å². The zero-order valence-corrected chi connectivity index (χ0v) is 32.1. The molecule has 54 heavy (non-hydrogen) atoms. The lowest BCUT2D eigenvalue weighted by Crippen LogP contribution is -2.33. The number of ether oxygens (including phenoxy) is 4. The van der Waals surface area contributed by atoms with E-state index in [0.29, 0.717) is 45.1 Å². The summed E-state index contributed by atoms with van der Waals surface area (Å²) in [5.41, 5.74) is 4.30. The molecule has 0 aliphatic rings. The van der Waals surface area contributed by atoms with E-state index in [9.17, 15) is 19.2 Å². The van der Waals surface area contributed by atoms with Gasteiger partial charge in [0.1, 0.15) is 12.2 Å². The van der Waals surface area contributed by atoms with E-state index >= 15 is 0 Å². The normalized spacial score (nSPS) is 13.4. The van der Waals surface area contributed by atoms with Gasteiger partial charge < -0.3 is 29.6 Å². The summed E-state index contributed by atoms with van der Waals surface area (Å²) in [6.07, 6.45) is 1.93. The SMILES string of the molecule is COC(=O)c1ccc(CC(C)NC[C@H](OC(=O)/C=C/C(=O)O[C@@H](CNC(C)Cc2ccc(C(=O)OC)cc2)c2cccc(Cl)c2)c2cccc(Cl)c2)cc1. The third kappa shape index (κ3) is 13.4. The lowest BCUT2D eigenvalue weighted by molar-refractivity contribution is -0.146. The first-order valence-electron chi connectivity index (χ1n) is 17.4. The molecule has 2 N–H and O–H groups in total. The lowest BCUT2D eigenvalue weighted by atomic mass is 10.0. The molecule has 10 nitrogen and oxygen atoms in total. The Morgan fingerprint density at radius 3 is 1.30 bits per heavy atom. The van der Waals surface area contributed by atoms with E-state index < -0.39 is 36.1 Å². The van der Waals surface area contributed by atoms with Crippen molar-refractivity contribution >= 4 is 47.1 Å². The summed E-state index contributed by atoms with van der Waals surface area (Å²) in [6, 6.07) is 28.3. The van der Waals surface area contributed by atoms with Crippen LogP contribution in [0.2, 0.25) is 10.0 Å². The van der Waals surface area contributed by atoms with E-state index in [1.807, 2.05) is 38.1 Å². The Morgan fingerprint density at radius 1 is 0.593 bits per heavy atom. The fraction of sp³-hybridized carbons (Fsp3) is 0.286. The summed E-state index contributed by atoms with van der Waals surface area (Å²) in [4.78, 5) is 49.7. The molecule has 0 heterocycles. The van der Waals surface area contributed by atoms with Crippen LogP contribution >= 0.6 is 23.2 Å². The van der Waals surface area contributed by atoms with Crippen LogP contribution in [0.25, 0.3) is 0 Å². The standard InChI is InChI=1S/C42H44Cl2N2O8/c1-27(21-29-11-15-31(16-12-29)41(49)51-3)45-25-37(33-7-5-9-35(43)23-33)53-39(47)19-20-40(48)54-38(34-8-6-10-36(44)24-34)26-46-28(2)22-30-13-17-32(18-14-30)42(50)52-4/h5-20,23-24,27-28,37-38,45-46H,21-22,25-26H2,1-4H3/b20-19+/t27?,28?,37-,38-/m0/s1. The molecule has 0 bridgehead atoms. The predicted octanol–water partition coefficient (Wildman–Crippen LogP) is 7.43. The first-order chi connectivity index (χ1) is 25.9. The number of carbonyl (C=O) groups is 4. The number of hydrogen-bond donors (Lipinski definition) is 2. The van der Waals surface area contributed by atoms with Crippen LogP contribution in [0, 0.1) is 0 Å². The van der Waals surface area contributed by atoms with Gasteiger partial charge in [0.2, 0.25) is 0 Å². The molecule has 0 amide bonds. The number of nitrogens with one attached hydrogen (secondary N) is 2. The average Bonchev–Trinajstić information content (AvgIpc) is 3.17. The fourth-order valence-corrected chi connectivity index (χ4v) is 6.02. The van der Waals surface area contributed by atoms with Crippen molar-refractivity contribution in [2.24, 2.45) is 0 Å². The summed E-state index contributed by atoms with van der Waals surface area (Å²) in [6.45, 7) is 4.52. The minimum absolute atomic E-state index is 0.0215. The van der Waals surface area contributed by atoms with Gasteiger partial charge in [-0.15, -0.1) is 0 Å². The van der Waals surface area contributed by atoms with Crippen molar-refractivity contribution in [3.05, 3.63) is 153 Å². The molecule has 0 saturated heterocycles. The number of carbonyl (C=O) groups excluding carboxylic acids is 4. The van der Waals surface area contributed by atoms with Crippen molar-refractivity contribution in [3.63, 3.8) is 0 Å². The molecule has 4 aromatic rings. The maximum absolute atomic E-state index is 13.1. The highest BCUT2D eigenvalue weighted by Gasteiger charge is 2.20. The second-order valence-electron chi connectivity index (χ2n) is 12.7. The van der Waals surface area contributed by atoms with Gasteiger partial charge in [-0.1, -0.05) is 71.7 Å². The molecule has 4 atom stereocenters. The van der Waals surface area contributed by atoms with Crippen LogP contribution in [-0.2, 0) is 41.4 Å². The second kappa shape index (κ2) is 21.0. The molecule has 0 aliphatic carbocycles. The Bertz CT molecular complexity index is 1760. The van der Waals surface area contributed by atoms with Gasteiger partial charge in [-0.05, 0) is 97.5 Å². The first-order valence-corrected chi connectivity index (χ1v) is 18.1. The summed E-state index contributed by atoms with van der Waals surface area (Å²) < 4.78 is 21.1. The van der Waals surface area contributed by atoms with Crippen LogP contribution in [0.15, 0.2) is 109 Å². The van der Waals surface area contributed by atoms with Crippen molar-refractivity contribution in [2.45, 2.75) is 51.0 Å². The van der Waals surface area contributed by atoms with Crippen molar-refractivity contribution < 1.29 is 38.1 Å². The maximum Gasteiger partial charge on any atom is 0.337 e. The minimum Gasteiger partial charge on any atom is -0.465 e. The molecule has 284 valence electrons. The van der Waals surface area contributed by atoms with Crippen molar-refractivity contribution in [1.82, 2.24) is 10.6 Å². The van der Waals surface area contributed by atoms with E-state index in [0.717, 1.165) is 23.3 Å². The Kier molecular flexibility index (Phi) is 16.3. The monoisotopic (exact) mass is 774 g/mol. The van der Waals surface area contributed by atoms with Gasteiger partial charge in [0.05, 0.1) is 25.3 Å². The molecule has 0 radical (unpaired) electrons. The predicted molar refractivity (Wildman–Crippen MR) is 208 cm³/mol. The average molecular weight is 776 g/mol. The minimum atomic E-state index is -0.742. The van der Waals surface area contributed by atoms with Crippen LogP contribution in [0.1, 0.15) is 69.0 Å². The van der Waals surface area contributed by atoms with Gasteiger partial charge in [0, 0.05) is 47.4 Å². The molecule has 0 aliphatic heterocycles. The highest BCUT2D eigenvalue weighted by Crippen LogP contribution is 2.23. The number of halogens is 2. The summed E-state index contributed by atoms with van der Waals surface area (Å²) >= 11 is 12.5. The lowest BCUT2D eigenvalue weighted by Gasteiger charge is -2.22. The van der Waals surface area contributed by atoms with Crippen LogP contribution < -0.4 is 10.6 Å². The van der Waals surface area contributed by atoms with Crippen molar-refractivity contribution in [2.75, 3.05) is 27.3 Å². The van der Waals surface area contributed by atoms with Gasteiger partial charge in [0.25, 0.3) is 0 Å². The highest BCUT2D eigenvalue weighted by molar-refractivity contribution is 6.30. The Balaban J connectivity index is 1.36. The molecular formula is C42H44Cl2N2O8. The van der Waals surface area contributed by atoms with Gasteiger partial charge in [-0.3, -0.25) is 0 Å². The molecule has 2 unspecified atom stereocenters. The second-order valence-corrected chi connectivity index (χ2v) is 13.6. The van der Waals surface area contributed by atoms with Gasteiger partial charge in [-0.25, -0.2) is 19.2 Å². The fourth-order valence-electron chi connectivity index (χ4n) is 5.62. The first kappa shape index (κ1) is 41.8. The third-order valence-corrected chi connectivity index (χ3v) is 8.92. The molecule has 0 saturated carbocycles. The summed E-state index contributed by atoms with van der Waals surface area (Å²) in [7, 11) is 2.68. The van der Waals surface area contributed by atoms with Crippen LogP contribution in [0.3, 0.4) is 0 Å². The van der Waals surface area contributed by atoms with Crippen LogP contribution in [0.5, 0.6) is 0 Å². The molecule has 4 rings (SSSR count). The van der Waals surface area contributed by atoms with Crippen LogP contribution in [-0.4, -0.2) is 63.3 Å². The van der Waals surface area contributed by atoms with E-state index in [1.54, 1.807) is 72.8 Å². The van der Waals surface area contributed by atoms with E-state index in [1.165, 1.54) is 14.2 Å². The van der Waals surface area contributed by atoms with Gasteiger partial charge in [0.15, 0.2) is 0 Å². The molecule has 0 fully saturated rings. The zero-order valence-electron chi connectivity index (χ0n) is 30.6. The molecular weight excluding hydrogens is 731 g/mol. The zero-order chi connectivity index (χ0) is 39.0. The topological polar surface area (TPSA) is 129 Å². The molecule has 0 aromatic heterocycles. The number of rotatable bonds is 18. The quantitative estimate of drug-likeness (QED) is 0.0598. The molecule has 4 aromatic carbocycles. The Labute approximate surface area is 325 Å². The highest BCUT2D eigenvalue weighted by atomic mass is 35.5. The smallest absolute Gasteiger partial charge is 0.337 e. The van der Waals surface area contributed by atoms with E-state index in [4.69, 9.17) is 42.1 Å². The molecule has 0 spiro atoms. The van der Waals surface area contributed by atoms with Gasteiger partial charge in [-0.2, -0.15) is 0 Å². The summed E-state index contributed by atoms with van der Waals surface area (Å²) in [5, 5.41) is 7.77. The number of benzene rings is 4. The van der Waals surface area contributed by atoms with E-state index in [2.05, 4.69) is 10.6 Å². The number of hydrogen-bond acceptors (Lipinski definition) is 10. The third-order valence-electron chi connectivity index (χ3n) is 8.45. The Morgan fingerprint density at radius 2 is 0.963 bits per heavy atom. The molecule has 12 heteroatoms. The Hall–Kier alpha value is -5.00. The van der Waals surface area contributed by atoms with Crippen LogP contribution in [0.4, 0.5) is 0 Å². The largest absolute Gasteiger partial charge is 0.465 e. The number of methoxy groups -OCH3 is 2. The number of esters is 4. The van der Waals surface area contributed by atoms with E-state index in [-0.39, 0.29) is 25.2 Å². The van der Waals surface area contributed by atoms with Crippen molar-refractivity contribution in [1.29, 1.82) is 0 Å².